The van der Waals surface area contributed by atoms with Crippen LogP contribution < -0.4 is 10.5 Å². The summed E-state index contributed by atoms with van der Waals surface area (Å²) in [4.78, 5) is 2.30. The van der Waals surface area contributed by atoms with Crippen LogP contribution in [0.5, 0.6) is 0 Å². The zero-order valence-electron chi connectivity index (χ0n) is 11.2. The molecule has 0 unspecified atom stereocenters. The van der Waals surface area contributed by atoms with Gasteiger partial charge in [-0.05, 0) is 41.9 Å². The Morgan fingerprint density at radius 3 is 2.57 bits per heavy atom. The van der Waals surface area contributed by atoms with Gasteiger partial charge < -0.3 is 10.6 Å². The first kappa shape index (κ1) is 17.6. The summed E-state index contributed by atoms with van der Waals surface area (Å²) >= 11 is 15.3. The molecule has 2 heterocycles. The zero-order chi connectivity index (χ0) is 15.8. The Kier molecular flexibility index (Phi) is 5.35. The van der Waals surface area contributed by atoms with Crippen molar-refractivity contribution in [2.45, 2.75) is 22.6 Å². The van der Waals surface area contributed by atoms with E-state index in [9.17, 15) is 8.42 Å². The van der Waals surface area contributed by atoms with Crippen molar-refractivity contribution in [1.29, 1.82) is 0 Å². The van der Waals surface area contributed by atoms with Crippen LogP contribution in [-0.2, 0) is 10.0 Å². The van der Waals surface area contributed by atoms with Gasteiger partial charge in [-0.1, -0.05) is 23.8 Å². The molecule has 1 aliphatic heterocycles. The van der Waals surface area contributed by atoms with Crippen molar-refractivity contribution in [3.05, 3.63) is 14.9 Å². The van der Waals surface area contributed by atoms with Crippen LogP contribution in [0.15, 0.2) is 14.1 Å². The lowest BCUT2D eigenvalue weighted by molar-refractivity contribution is 0.221. The fourth-order valence-corrected chi connectivity index (χ4v) is 6.32. The molecule has 2 rings (SSSR count). The van der Waals surface area contributed by atoms with E-state index in [1.54, 1.807) is 0 Å². The smallest absolute Gasteiger partial charge is 0.251 e. The molecule has 0 radical (unpaired) electrons. The second kappa shape index (κ2) is 6.38. The molecule has 0 atom stereocenters. The minimum atomic E-state index is -3.71. The van der Waals surface area contributed by atoms with Gasteiger partial charge in [0, 0.05) is 13.1 Å². The van der Waals surface area contributed by atoms with Gasteiger partial charge >= 0.3 is 0 Å². The second-order valence-electron chi connectivity index (χ2n) is 5.04. The lowest BCUT2D eigenvalue weighted by Crippen LogP contribution is -2.61. The van der Waals surface area contributed by atoms with Gasteiger partial charge in [0.25, 0.3) is 10.0 Å². The van der Waals surface area contributed by atoms with Crippen molar-refractivity contribution in [2.24, 2.45) is 5.73 Å². The molecule has 1 aliphatic rings. The van der Waals surface area contributed by atoms with Gasteiger partial charge in [-0.2, -0.15) is 4.72 Å². The molecular weight excluding hydrogens is 418 g/mol. The van der Waals surface area contributed by atoms with Gasteiger partial charge in [0.15, 0.2) is 0 Å². The molecule has 0 saturated carbocycles. The number of halogens is 2. The van der Waals surface area contributed by atoms with Crippen molar-refractivity contribution in [3.8, 4) is 0 Å². The molecule has 5 nitrogen and oxygen atoms in total. The largest absolute Gasteiger partial charge is 0.392 e. The van der Waals surface area contributed by atoms with Crippen molar-refractivity contribution in [2.75, 3.05) is 20.1 Å². The highest BCUT2D eigenvalue weighted by molar-refractivity contribution is 9.11. The van der Waals surface area contributed by atoms with Crippen LogP contribution in [0, 0.1) is 0 Å². The quantitative estimate of drug-likeness (QED) is 0.713. The molecule has 21 heavy (non-hydrogen) atoms. The molecule has 0 spiro atoms. The first-order valence-corrected chi connectivity index (χ1v) is 10.0. The van der Waals surface area contributed by atoms with E-state index in [-0.39, 0.29) is 9.20 Å². The molecule has 0 bridgehead atoms. The average Bonchev–Trinajstić information content (AvgIpc) is 2.73. The van der Waals surface area contributed by atoms with E-state index >= 15 is 0 Å². The molecule has 3 N–H and O–H groups in total. The standard InChI is InChI=1S/C11H15BrClN3O2S3/c1-16-4-2-11(3-5-16,10(14)19)15-21(17,18)8-6-7(13)9(12)20-8/h6,15H,2-5H2,1H3,(H2,14,19). The predicted molar refractivity (Wildman–Crippen MR) is 93.6 cm³/mol. The lowest BCUT2D eigenvalue weighted by atomic mass is 9.89. The molecule has 1 fully saturated rings. The van der Waals surface area contributed by atoms with Gasteiger partial charge in [-0.15, -0.1) is 11.3 Å². The summed E-state index contributed by atoms with van der Waals surface area (Å²) in [7, 11) is -1.73. The van der Waals surface area contributed by atoms with Crippen LogP contribution in [0.3, 0.4) is 0 Å². The van der Waals surface area contributed by atoms with Gasteiger partial charge in [0.1, 0.15) is 4.21 Å². The number of likely N-dealkylation sites (tertiary alicyclic amines) is 1. The van der Waals surface area contributed by atoms with E-state index in [0.717, 1.165) is 24.4 Å². The van der Waals surface area contributed by atoms with Crippen molar-refractivity contribution in [3.63, 3.8) is 0 Å². The maximum atomic E-state index is 12.5. The molecule has 118 valence electrons. The first-order valence-electron chi connectivity index (χ1n) is 6.13. The van der Waals surface area contributed by atoms with Crippen LogP contribution in [0.4, 0.5) is 0 Å². The van der Waals surface area contributed by atoms with Gasteiger partial charge in [0.2, 0.25) is 0 Å². The van der Waals surface area contributed by atoms with E-state index in [2.05, 4.69) is 25.6 Å². The lowest BCUT2D eigenvalue weighted by Gasteiger charge is -2.39. The summed E-state index contributed by atoms with van der Waals surface area (Å²) < 4.78 is 28.5. The fraction of sp³-hybridized carbons (Fsp3) is 0.545. The maximum absolute atomic E-state index is 12.5. The van der Waals surface area contributed by atoms with E-state index in [4.69, 9.17) is 29.6 Å². The normalized spacial score (nSPS) is 19.6. The summed E-state index contributed by atoms with van der Waals surface area (Å²) in [6.45, 7) is 1.46. The number of nitrogens with zero attached hydrogens (tertiary/aromatic N) is 1. The van der Waals surface area contributed by atoms with E-state index in [1.165, 1.54) is 6.07 Å². The highest BCUT2D eigenvalue weighted by Gasteiger charge is 2.40. The highest BCUT2D eigenvalue weighted by Crippen LogP contribution is 2.35. The summed E-state index contributed by atoms with van der Waals surface area (Å²) in [6, 6.07) is 1.42. The molecule has 0 aliphatic carbocycles. The molecule has 10 heteroatoms. The Morgan fingerprint density at radius 2 is 2.14 bits per heavy atom. The van der Waals surface area contributed by atoms with Crippen molar-refractivity contribution < 1.29 is 8.42 Å². The third kappa shape index (κ3) is 3.77. The topological polar surface area (TPSA) is 75.4 Å². The number of nitrogens with one attached hydrogen (secondary N) is 1. The van der Waals surface area contributed by atoms with E-state index in [1.807, 2.05) is 7.05 Å². The van der Waals surface area contributed by atoms with E-state index < -0.39 is 15.6 Å². The van der Waals surface area contributed by atoms with E-state index in [0.29, 0.717) is 21.7 Å². The number of rotatable bonds is 4. The first-order chi connectivity index (χ1) is 9.66. The maximum Gasteiger partial charge on any atom is 0.251 e. The average molecular weight is 433 g/mol. The van der Waals surface area contributed by atoms with Crippen LogP contribution in [-0.4, -0.2) is 44.0 Å². The third-order valence-corrected chi connectivity index (χ3v) is 8.40. The van der Waals surface area contributed by atoms with Gasteiger partial charge in [0.05, 0.1) is 19.3 Å². The van der Waals surface area contributed by atoms with Gasteiger partial charge in [-0.25, -0.2) is 8.42 Å². The minimum absolute atomic E-state index is 0.147. The van der Waals surface area contributed by atoms with Crippen LogP contribution >= 0.6 is 51.1 Å². The number of hydrogen-bond acceptors (Lipinski definition) is 5. The summed E-state index contributed by atoms with van der Waals surface area (Å²) in [6.07, 6.45) is 1.11. The Hall–Kier alpha value is 0.230. The Labute approximate surface area is 147 Å². The minimum Gasteiger partial charge on any atom is -0.392 e. The molecule has 1 saturated heterocycles. The molecular formula is C11H15BrClN3O2S3. The number of nitrogens with two attached hydrogens (primary N) is 1. The zero-order valence-corrected chi connectivity index (χ0v) is 16.0. The summed E-state index contributed by atoms with van der Waals surface area (Å²) in [5.41, 5.74) is 4.95. The Bertz CT molecular complexity index is 634. The highest BCUT2D eigenvalue weighted by atomic mass is 79.9. The molecule has 0 amide bonds. The number of piperidine rings is 1. The second-order valence-corrected chi connectivity index (χ2v) is 10.2. The van der Waals surface area contributed by atoms with Crippen LogP contribution in [0.2, 0.25) is 5.02 Å². The fourth-order valence-electron chi connectivity index (χ4n) is 2.17. The summed E-state index contributed by atoms with van der Waals surface area (Å²) in [5, 5.41) is 0.369. The summed E-state index contributed by atoms with van der Waals surface area (Å²) in [5.74, 6) is 0. The number of sulfonamides is 1. The number of thiocarbonyl (C=S) groups is 1. The predicted octanol–water partition coefficient (Wildman–Crippen LogP) is 2.19. The molecule has 1 aromatic heterocycles. The Balaban J connectivity index is 2.30. The Morgan fingerprint density at radius 1 is 1.57 bits per heavy atom. The molecule has 1 aromatic rings. The number of hydrogen-bond donors (Lipinski definition) is 2. The van der Waals surface area contributed by atoms with Crippen molar-refractivity contribution in [1.82, 2.24) is 9.62 Å². The SMILES string of the molecule is CN1CCC(NS(=O)(=O)c2cc(Cl)c(Br)s2)(C(N)=S)CC1. The monoisotopic (exact) mass is 431 g/mol. The van der Waals surface area contributed by atoms with Crippen LogP contribution in [0.25, 0.3) is 0 Å². The molecule has 0 aromatic carbocycles. The van der Waals surface area contributed by atoms with Crippen LogP contribution in [0.1, 0.15) is 12.8 Å². The number of thiophene rings is 1. The van der Waals surface area contributed by atoms with Gasteiger partial charge in [-0.3, -0.25) is 0 Å². The third-order valence-electron chi connectivity index (χ3n) is 3.53. The van der Waals surface area contributed by atoms with Crippen molar-refractivity contribution >= 4 is 66.1 Å².